The highest BCUT2D eigenvalue weighted by atomic mass is 32.2. The first-order chi connectivity index (χ1) is 60.3. The van der Waals surface area contributed by atoms with Gasteiger partial charge < -0.3 is 65.3 Å². The number of hydrogen-bond donors (Lipinski definition) is 0. The van der Waals surface area contributed by atoms with E-state index in [1.54, 1.807) is 23.1 Å². The molecule has 0 radical (unpaired) electrons. The molecule has 3 aliphatic heterocycles. The molecule has 4 unspecified atom stereocenters. The van der Waals surface area contributed by atoms with E-state index < -0.39 is 112 Å². The minimum absolute atomic E-state index is 0.00351. The fraction of sp³-hybridized carbons (Fsp3) is 0.356. The second kappa shape index (κ2) is 42.3. The van der Waals surface area contributed by atoms with Gasteiger partial charge in [0.05, 0.1) is 77.5 Å². The Morgan fingerprint density at radius 3 is 1.26 bits per heavy atom. The normalized spacial score (nSPS) is 21.6. The summed E-state index contributed by atoms with van der Waals surface area (Å²) >= 11 is 0. The maximum atomic E-state index is 16.5. The first kappa shape index (κ1) is 91.6. The Hall–Kier alpha value is -9.64. The molecule has 0 spiro atoms. The Bertz CT molecular complexity index is 5260. The molecule has 13 atom stereocenters. The van der Waals surface area contributed by atoms with Crippen molar-refractivity contribution in [1.82, 2.24) is 0 Å². The van der Waals surface area contributed by atoms with Gasteiger partial charge in [-0.25, -0.2) is 4.39 Å². The van der Waals surface area contributed by atoms with Gasteiger partial charge in [-0.3, -0.25) is 4.79 Å². The molecule has 21 heteroatoms. The summed E-state index contributed by atoms with van der Waals surface area (Å²) in [5.41, 5.74) is 9.34. The third kappa shape index (κ3) is 24.4. The number of hydrogen-bond acceptors (Lipinski definition) is 16. The summed E-state index contributed by atoms with van der Waals surface area (Å²) in [4.78, 5) is 17.1. The molecule has 3 heterocycles. The van der Waals surface area contributed by atoms with Crippen LogP contribution in [-0.2, 0) is 113 Å². The van der Waals surface area contributed by atoms with Gasteiger partial charge in [0.25, 0.3) is 0 Å². The van der Waals surface area contributed by atoms with Crippen LogP contribution in [0, 0.1) is 11.7 Å². The molecule has 3 saturated heterocycles. The number of halogens is 1. The van der Waals surface area contributed by atoms with Crippen molar-refractivity contribution in [2.45, 2.75) is 210 Å². The summed E-state index contributed by atoms with van der Waals surface area (Å²) in [6.07, 6.45) is -11.2. The molecule has 17 nitrogen and oxygen atoms in total. The third-order valence-corrected chi connectivity index (χ3v) is 34.6. The van der Waals surface area contributed by atoms with E-state index in [-0.39, 0.29) is 87.0 Å². The van der Waals surface area contributed by atoms with Crippen LogP contribution in [0.25, 0.3) is 11.1 Å². The molecule has 125 heavy (non-hydrogen) atoms. The SMILES string of the molecule is CC(C)(C)[Si](C)(C)Oc1ccc(-c2ccc([C@@H]3[C@@H](CC[C@@H](O[Si](C)(C)C(C)(C)C)c4ccc(F)cc4)C(=O)N3c3ccccc3)c(OS(=O)(=O)C[C@@H]3OC(COCc4ccccc4)[C@H](O[C@@H]4OC(COCc5ccccc5)[C@H](OCc5ccccc5)[C@H](OCc5ccccc5)C4OCc4ccccc4)[C@H](OCc4ccccc4)C3OCc3ccccc3)c2)cc1. The van der Waals surface area contributed by atoms with Crippen molar-refractivity contribution in [2.75, 3.05) is 23.9 Å². The maximum absolute atomic E-state index is 16.5. The number of benzene rings is 11. The van der Waals surface area contributed by atoms with Gasteiger partial charge in [-0.2, -0.15) is 8.42 Å². The van der Waals surface area contributed by atoms with Crippen molar-refractivity contribution in [3.63, 3.8) is 0 Å². The van der Waals surface area contributed by atoms with Crippen molar-refractivity contribution in [2.24, 2.45) is 5.92 Å². The average molecular weight is 1750 g/mol. The first-order valence-corrected chi connectivity index (χ1v) is 50.8. The molecule has 0 saturated carbocycles. The van der Waals surface area contributed by atoms with Gasteiger partial charge in [-0.15, -0.1) is 0 Å². The number of carbonyl (C=O) groups is 1. The standard InChI is InChI=1S/C104H118FNO16SSi2/c1-103(2,3)124(7,8)121-86-58-53-81(54-59-86)83-55-60-87(94-88(101(107)106(94)85-49-33-18-34-50-85)61-62-89(82-51-56-84(105)57-52-82)122-125(9,10)104(4,5)6)90(63-83)120-123(108,109)73-93-96(113-67-77-41-25-14-26-42-77)98(114-68-78-43-27-15-28-44-78)97(92(117-93)72-111-65-75-37-21-12-22-38-75)119-102-100(116-70-80-47-31-17-32-48-80)99(115-69-79-45-29-16-30-46-79)95(112-66-76-39-23-13-24-40-76)91(118-102)71-110-64-74-35-19-11-20-36-74/h11-60,63,88-89,91-100,102H,61-62,64-73H2,1-10H3/t88-,89-,91?,92?,93+,94-,95+,96?,97+,98-,99+,100?,102+/m1/s1. The van der Waals surface area contributed by atoms with Crippen molar-refractivity contribution in [1.29, 1.82) is 0 Å². The zero-order valence-corrected chi connectivity index (χ0v) is 76.0. The monoisotopic (exact) mass is 1740 g/mol. The molecule has 1 amide bonds. The molecule has 0 N–H and O–H groups in total. The van der Waals surface area contributed by atoms with Gasteiger partial charge in [0.2, 0.25) is 14.2 Å². The Morgan fingerprint density at radius 2 is 0.816 bits per heavy atom. The molecular formula is C104H118FNO16SSi2. The van der Waals surface area contributed by atoms with E-state index >= 15 is 13.2 Å². The summed E-state index contributed by atoms with van der Waals surface area (Å²) in [5.74, 6) is -1.36. The number of para-hydroxylation sites is 1. The van der Waals surface area contributed by atoms with E-state index in [2.05, 4.69) is 67.7 Å². The van der Waals surface area contributed by atoms with E-state index in [1.165, 1.54) is 12.1 Å². The molecule has 14 rings (SSSR count). The van der Waals surface area contributed by atoms with Gasteiger partial charge in [-0.05, 0) is 147 Å². The van der Waals surface area contributed by atoms with Crippen LogP contribution < -0.4 is 13.5 Å². The van der Waals surface area contributed by atoms with Crippen molar-refractivity contribution in [3.8, 4) is 22.6 Å². The summed E-state index contributed by atoms with van der Waals surface area (Å²) < 4.78 is 142. The third-order valence-electron chi connectivity index (χ3n) is 24.6. The average Bonchev–Trinajstić information content (AvgIpc) is 0.728. The molecule has 11 aromatic rings. The molecular weight excluding hydrogens is 1630 g/mol. The molecule has 3 aliphatic rings. The predicted molar refractivity (Wildman–Crippen MR) is 490 cm³/mol. The number of anilines is 1. The number of ether oxygens (including phenoxy) is 10. The molecule has 11 aromatic carbocycles. The minimum atomic E-state index is -4.91. The van der Waals surface area contributed by atoms with E-state index in [0.717, 1.165) is 50.1 Å². The Kier molecular flexibility index (Phi) is 31.0. The fourth-order valence-electron chi connectivity index (χ4n) is 15.7. The molecule has 0 aliphatic carbocycles. The van der Waals surface area contributed by atoms with Crippen molar-refractivity contribution in [3.05, 3.63) is 365 Å². The molecule has 656 valence electrons. The first-order valence-electron chi connectivity index (χ1n) is 43.4. The number of rotatable bonds is 40. The smallest absolute Gasteiger partial charge is 0.311 e. The van der Waals surface area contributed by atoms with E-state index in [0.29, 0.717) is 35.4 Å². The van der Waals surface area contributed by atoms with Crippen LogP contribution in [0.3, 0.4) is 0 Å². The zero-order chi connectivity index (χ0) is 87.6. The number of amides is 1. The fourth-order valence-corrected chi connectivity index (χ4v) is 19.2. The lowest BCUT2D eigenvalue weighted by molar-refractivity contribution is -0.362. The summed E-state index contributed by atoms with van der Waals surface area (Å²) in [6, 6.07) is 97.1. The molecule has 0 aromatic heterocycles. The maximum Gasteiger partial charge on any atom is 0.311 e. The number of nitrogens with zero attached hydrogens (tertiary/aromatic N) is 1. The van der Waals surface area contributed by atoms with Crippen LogP contribution in [-0.4, -0.2) is 111 Å². The van der Waals surface area contributed by atoms with Crippen LogP contribution in [0.4, 0.5) is 10.1 Å². The number of carbonyl (C=O) groups excluding carboxylic acids is 1. The zero-order valence-electron chi connectivity index (χ0n) is 73.2. The highest BCUT2D eigenvalue weighted by molar-refractivity contribution is 7.87. The van der Waals surface area contributed by atoms with Gasteiger partial charge >= 0.3 is 10.1 Å². The van der Waals surface area contributed by atoms with Crippen LogP contribution >= 0.6 is 0 Å². The Labute approximate surface area is 739 Å². The summed E-state index contributed by atoms with van der Waals surface area (Å²) in [7, 11) is -9.70. The van der Waals surface area contributed by atoms with Crippen LogP contribution in [0.2, 0.25) is 36.3 Å². The van der Waals surface area contributed by atoms with E-state index in [4.69, 9.17) is 60.4 Å². The second-order valence-electron chi connectivity index (χ2n) is 35.7. The highest BCUT2D eigenvalue weighted by Gasteiger charge is 2.56. The topological polar surface area (TPSA) is 174 Å². The number of β-lactam (4-membered cyclic amide) rings is 1. The lowest BCUT2D eigenvalue weighted by Crippen LogP contribution is -2.66. The van der Waals surface area contributed by atoms with Crippen LogP contribution in [0.15, 0.2) is 309 Å². The van der Waals surface area contributed by atoms with E-state index in [1.807, 2.05) is 279 Å². The van der Waals surface area contributed by atoms with Gasteiger partial charge in [0.1, 0.15) is 78.0 Å². The predicted octanol–water partition coefficient (Wildman–Crippen LogP) is 22.1. The quantitative estimate of drug-likeness (QED) is 0.0201. The van der Waals surface area contributed by atoms with Gasteiger partial charge in [0, 0.05) is 11.3 Å². The molecule has 3 fully saturated rings. The van der Waals surface area contributed by atoms with Crippen molar-refractivity contribution >= 4 is 38.3 Å². The van der Waals surface area contributed by atoms with E-state index in [9.17, 15) is 4.39 Å². The lowest BCUT2D eigenvalue weighted by atomic mass is 9.77. The van der Waals surface area contributed by atoms with Gasteiger partial charge in [-0.1, -0.05) is 308 Å². The summed E-state index contributed by atoms with van der Waals surface area (Å²) in [6.45, 7) is 22.5. The molecule has 0 bridgehead atoms. The van der Waals surface area contributed by atoms with Crippen LogP contribution in [0.5, 0.6) is 11.5 Å². The summed E-state index contributed by atoms with van der Waals surface area (Å²) in [5, 5.41) is -0.267. The largest absolute Gasteiger partial charge is 0.544 e. The Morgan fingerprint density at radius 1 is 0.424 bits per heavy atom. The van der Waals surface area contributed by atoms with Crippen molar-refractivity contribution < 1.29 is 78.0 Å². The minimum Gasteiger partial charge on any atom is -0.544 e. The highest BCUT2D eigenvalue weighted by Crippen LogP contribution is 2.52. The van der Waals surface area contributed by atoms with Gasteiger partial charge in [0.15, 0.2) is 14.6 Å². The van der Waals surface area contributed by atoms with Crippen LogP contribution in [0.1, 0.15) is 117 Å². The lowest BCUT2D eigenvalue weighted by Gasteiger charge is -2.50. The Balaban J connectivity index is 0.885. The second-order valence-corrected chi connectivity index (χ2v) is 46.8.